The molecule has 0 spiro atoms. The molecule has 0 aromatic heterocycles. The Morgan fingerprint density at radius 2 is 1.52 bits per heavy atom. The van der Waals surface area contributed by atoms with Gasteiger partial charge in [-0.25, -0.2) is 0 Å². The third-order valence-corrected chi connectivity index (χ3v) is 5.50. The van der Waals surface area contributed by atoms with Crippen molar-refractivity contribution in [2.45, 2.75) is 44.4 Å². The van der Waals surface area contributed by atoms with Crippen molar-refractivity contribution in [1.29, 1.82) is 0 Å². The van der Waals surface area contributed by atoms with Gasteiger partial charge in [-0.1, -0.05) is 31.4 Å². The van der Waals surface area contributed by atoms with E-state index in [4.69, 9.17) is 9.47 Å². The first-order valence-electron chi connectivity index (χ1n) is 10.1. The van der Waals surface area contributed by atoms with Gasteiger partial charge in [-0.05, 0) is 61.7 Å². The Bertz CT molecular complexity index is 825. The Balaban J connectivity index is 1.70. The molecule has 3 rings (SSSR count). The van der Waals surface area contributed by atoms with Crippen molar-refractivity contribution in [1.82, 2.24) is 10.9 Å². The van der Waals surface area contributed by atoms with E-state index in [0.717, 1.165) is 43.4 Å². The first kappa shape index (κ1) is 20.7. The monoisotopic (exact) mass is 396 g/mol. The van der Waals surface area contributed by atoms with Gasteiger partial charge in [0.15, 0.2) is 0 Å². The van der Waals surface area contributed by atoms with Gasteiger partial charge in [-0.2, -0.15) is 0 Å². The molecule has 0 heterocycles. The normalized spacial score (nSPS) is 15.2. The van der Waals surface area contributed by atoms with E-state index in [0.29, 0.717) is 17.9 Å². The molecule has 6 nitrogen and oxygen atoms in total. The predicted molar refractivity (Wildman–Crippen MR) is 111 cm³/mol. The van der Waals surface area contributed by atoms with Crippen LogP contribution in [-0.4, -0.2) is 25.5 Å². The molecule has 1 aliphatic rings. The maximum Gasteiger partial charge on any atom is 0.269 e. The lowest BCUT2D eigenvalue weighted by atomic mass is 9.69. The number of amides is 2. The minimum Gasteiger partial charge on any atom is -0.497 e. The summed E-state index contributed by atoms with van der Waals surface area (Å²) in [7, 11) is 1.62. The molecular weight excluding hydrogens is 368 g/mol. The molecule has 2 aromatic rings. The number of rotatable bonds is 6. The summed E-state index contributed by atoms with van der Waals surface area (Å²) < 4.78 is 10.6. The third kappa shape index (κ3) is 4.70. The van der Waals surface area contributed by atoms with Crippen LogP contribution in [0, 0.1) is 0 Å². The third-order valence-electron chi connectivity index (χ3n) is 5.50. The zero-order valence-corrected chi connectivity index (χ0v) is 17.0. The Labute approximate surface area is 171 Å². The van der Waals surface area contributed by atoms with Gasteiger partial charge in [0.25, 0.3) is 5.91 Å². The lowest BCUT2D eigenvalue weighted by Gasteiger charge is -2.36. The van der Waals surface area contributed by atoms with E-state index in [1.807, 2.05) is 31.2 Å². The molecule has 29 heavy (non-hydrogen) atoms. The van der Waals surface area contributed by atoms with Crippen molar-refractivity contribution in [3.05, 3.63) is 59.7 Å². The number of carbonyl (C=O) groups is 2. The first-order valence-corrected chi connectivity index (χ1v) is 10.1. The summed E-state index contributed by atoms with van der Waals surface area (Å²) in [5.41, 5.74) is 5.98. The highest BCUT2D eigenvalue weighted by Crippen LogP contribution is 2.40. The zero-order valence-electron chi connectivity index (χ0n) is 17.0. The van der Waals surface area contributed by atoms with E-state index in [9.17, 15) is 9.59 Å². The summed E-state index contributed by atoms with van der Waals surface area (Å²) >= 11 is 0. The highest BCUT2D eigenvalue weighted by molar-refractivity contribution is 5.97. The molecule has 0 radical (unpaired) electrons. The minimum absolute atomic E-state index is 0.179. The Morgan fingerprint density at radius 3 is 2.10 bits per heavy atom. The number of nitrogens with one attached hydrogen (secondary N) is 2. The molecule has 2 N–H and O–H groups in total. The quantitative estimate of drug-likeness (QED) is 0.729. The van der Waals surface area contributed by atoms with E-state index >= 15 is 0 Å². The summed E-state index contributed by atoms with van der Waals surface area (Å²) in [5, 5.41) is 0. The fourth-order valence-corrected chi connectivity index (χ4v) is 3.89. The molecule has 154 valence electrons. The summed E-state index contributed by atoms with van der Waals surface area (Å²) in [6, 6.07) is 14.4. The second kappa shape index (κ2) is 9.45. The van der Waals surface area contributed by atoms with Crippen LogP contribution in [0.2, 0.25) is 0 Å². The Morgan fingerprint density at radius 1 is 0.897 bits per heavy atom. The van der Waals surface area contributed by atoms with Crippen molar-refractivity contribution in [2.24, 2.45) is 0 Å². The number of benzene rings is 2. The second-order valence-corrected chi connectivity index (χ2v) is 7.24. The predicted octanol–water partition coefficient (Wildman–Crippen LogP) is 3.76. The van der Waals surface area contributed by atoms with Crippen LogP contribution in [0.4, 0.5) is 0 Å². The molecule has 1 saturated carbocycles. The first-order chi connectivity index (χ1) is 14.1. The van der Waals surface area contributed by atoms with Crippen molar-refractivity contribution >= 4 is 11.8 Å². The van der Waals surface area contributed by atoms with Gasteiger partial charge in [-0.3, -0.25) is 20.4 Å². The van der Waals surface area contributed by atoms with Crippen LogP contribution in [0.5, 0.6) is 11.5 Å². The van der Waals surface area contributed by atoms with E-state index in [1.165, 1.54) is 0 Å². The number of hydrazine groups is 1. The average Bonchev–Trinajstić information content (AvgIpc) is 2.78. The molecule has 1 fully saturated rings. The Hall–Kier alpha value is -3.02. The minimum atomic E-state index is -0.642. The molecule has 2 aromatic carbocycles. The van der Waals surface area contributed by atoms with Crippen LogP contribution in [-0.2, 0) is 10.2 Å². The molecule has 2 amide bonds. The molecule has 0 atom stereocenters. The zero-order chi connectivity index (χ0) is 20.7. The van der Waals surface area contributed by atoms with Crippen molar-refractivity contribution in [2.75, 3.05) is 13.7 Å². The number of hydrogen-bond acceptors (Lipinski definition) is 4. The van der Waals surface area contributed by atoms with Crippen LogP contribution < -0.4 is 20.3 Å². The summed E-state index contributed by atoms with van der Waals surface area (Å²) in [6.07, 6.45) is 4.58. The van der Waals surface area contributed by atoms with Crippen LogP contribution in [0.25, 0.3) is 0 Å². The van der Waals surface area contributed by atoms with Gasteiger partial charge in [0.1, 0.15) is 11.5 Å². The molecule has 6 heteroatoms. The van der Waals surface area contributed by atoms with Crippen LogP contribution in [0.15, 0.2) is 48.5 Å². The number of methoxy groups -OCH3 is 1. The van der Waals surface area contributed by atoms with Gasteiger partial charge >= 0.3 is 0 Å². The van der Waals surface area contributed by atoms with Gasteiger partial charge in [0, 0.05) is 5.56 Å². The molecule has 1 aliphatic carbocycles. The molecule has 0 bridgehead atoms. The summed E-state index contributed by atoms with van der Waals surface area (Å²) in [6.45, 7) is 2.47. The van der Waals surface area contributed by atoms with Crippen molar-refractivity contribution in [3.63, 3.8) is 0 Å². The van der Waals surface area contributed by atoms with Gasteiger partial charge in [0.2, 0.25) is 5.91 Å². The maximum absolute atomic E-state index is 13.2. The summed E-state index contributed by atoms with van der Waals surface area (Å²) in [4.78, 5) is 25.6. The molecule has 0 saturated heterocycles. The smallest absolute Gasteiger partial charge is 0.269 e. The van der Waals surface area contributed by atoms with E-state index in [-0.39, 0.29) is 11.8 Å². The van der Waals surface area contributed by atoms with Gasteiger partial charge in [0.05, 0.1) is 19.1 Å². The maximum atomic E-state index is 13.2. The van der Waals surface area contributed by atoms with E-state index < -0.39 is 5.41 Å². The summed E-state index contributed by atoms with van der Waals surface area (Å²) in [5.74, 6) is 0.918. The Kier molecular flexibility index (Phi) is 6.75. The van der Waals surface area contributed by atoms with Crippen LogP contribution >= 0.6 is 0 Å². The lowest BCUT2D eigenvalue weighted by Crippen LogP contribution is -2.52. The SMILES string of the molecule is CCOc1ccc(C(=O)NNC(=O)C2(c3ccc(OC)cc3)CCCCC2)cc1. The van der Waals surface area contributed by atoms with E-state index in [2.05, 4.69) is 10.9 Å². The van der Waals surface area contributed by atoms with Gasteiger partial charge < -0.3 is 9.47 Å². The highest BCUT2D eigenvalue weighted by Gasteiger charge is 2.41. The van der Waals surface area contributed by atoms with Crippen LogP contribution in [0.3, 0.4) is 0 Å². The molecular formula is C23H28N2O4. The molecule has 0 unspecified atom stereocenters. The van der Waals surface area contributed by atoms with Crippen molar-refractivity contribution < 1.29 is 19.1 Å². The number of hydrogen-bond donors (Lipinski definition) is 2. The number of ether oxygens (including phenoxy) is 2. The molecule has 0 aliphatic heterocycles. The van der Waals surface area contributed by atoms with Crippen molar-refractivity contribution in [3.8, 4) is 11.5 Å². The number of carbonyl (C=O) groups excluding carboxylic acids is 2. The average molecular weight is 396 g/mol. The topological polar surface area (TPSA) is 76.7 Å². The van der Waals surface area contributed by atoms with Gasteiger partial charge in [-0.15, -0.1) is 0 Å². The highest BCUT2D eigenvalue weighted by atomic mass is 16.5. The second-order valence-electron chi connectivity index (χ2n) is 7.24. The standard InChI is InChI=1S/C23H28N2O4/c1-3-29-20-11-7-17(8-12-20)21(26)24-25-22(27)23(15-5-4-6-16-23)18-9-13-19(28-2)14-10-18/h7-14H,3-6,15-16H2,1-2H3,(H,24,26)(H,25,27). The fraction of sp³-hybridized carbons (Fsp3) is 0.391. The van der Waals surface area contributed by atoms with E-state index in [1.54, 1.807) is 31.4 Å². The fourth-order valence-electron chi connectivity index (χ4n) is 3.89. The lowest BCUT2D eigenvalue weighted by molar-refractivity contribution is -0.128. The van der Waals surface area contributed by atoms with Crippen LogP contribution in [0.1, 0.15) is 54.9 Å². The largest absolute Gasteiger partial charge is 0.497 e.